The zero-order valence-electron chi connectivity index (χ0n) is 11.5. The van der Waals surface area contributed by atoms with Crippen molar-refractivity contribution in [3.8, 4) is 0 Å². The normalized spacial score (nSPS) is 23.8. The van der Waals surface area contributed by atoms with E-state index in [2.05, 4.69) is 0 Å². The molecule has 1 aliphatic rings. The molecule has 0 amide bonds. The SMILES string of the molecule is O=C1/C=C\CCCCCCCCCC(=O)CCC1. The highest BCUT2D eigenvalue weighted by molar-refractivity contribution is 5.90. The van der Waals surface area contributed by atoms with Gasteiger partial charge >= 0.3 is 0 Å². The van der Waals surface area contributed by atoms with Crippen LogP contribution in [0.25, 0.3) is 0 Å². The fourth-order valence-corrected chi connectivity index (χ4v) is 2.35. The summed E-state index contributed by atoms with van der Waals surface area (Å²) < 4.78 is 0. The van der Waals surface area contributed by atoms with Crippen LogP contribution in [-0.2, 0) is 9.59 Å². The topological polar surface area (TPSA) is 34.1 Å². The van der Waals surface area contributed by atoms with E-state index in [1.54, 1.807) is 6.08 Å². The average Bonchev–Trinajstić information content (AvgIpc) is 2.34. The summed E-state index contributed by atoms with van der Waals surface area (Å²) in [7, 11) is 0. The highest BCUT2D eigenvalue weighted by Gasteiger charge is 2.04. The Labute approximate surface area is 111 Å². The zero-order chi connectivity index (χ0) is 13.1. The maximum atomic E-state index is 11.6. The standard InChI is InChI=1S/C16H26O2/c17-15-11-8-6-4-2-1-3-5-7-9-12-16(18)14-10-13-15/h8,11H,1-7,9-10,12-14H2/b11-8-. The number of Topliss-reactive ketones (excluding diaryl/α,β-unsaturated/α-hetero) is 1. The van der Waals surface area contributed by atoms with Gasteiger partial charge in [-0.25, -0.2) is 0 Å². The minimum absolute atomic E-state index is 0.176. The largest absolute Gasteiger partial charge is 0.300 e. The number of ketones is 2. The quantitative estimate of drug-likeness (QED) is 0.639. The summed E-state index contributed by atoms with van der Waals surface area (Å²) in [5, 5.41) is 0. The lowest BCUT2D eigenvalue weighted by molar-refractivity contribution is -0.119. The molecular weight excluding hydrogens is 224 g/mol. The molecule has 0 radical (unpaired) electrons. The molecule has 102 valence electrons. The van der Waals surface area contributed by atoms with Crippen LogP contribution in [-0.4, -0.2) is 11.6 Å². The predicted molar refractivity (Wildman–Crippen MR) is 74.6 cm³/mol. The van der Waals surface area contributed by atoms with E-state index < -0.39 is 0 Å². The molecule has 1 aliphatic carbocycles. The van der Waals surface area contributed by atoms with Crippen molar-refractivity contribution in [2.24, 2.45) is 0 Å². The predicted octanol–water partition coefficient (Wildman–Crippen LogP) is 4.38. The van der Waals surface area contributed by atoms with E-state index in [1.807, 2.05) is 6.08 Å². The first-order valence-electron chi connectivity index (χ1n) is 7.50. The molecule has 0 saturated carbocycles. The van der Waals surface area contributed by atoms with Crippen LogP contribution in [0.1, 0.15) is 77.0 Å². The Balaban J connectivity index is 2.31. The van der Waals surface area contributed by atoms with E-state index in [4.69, 9.17) is 0 Å². The molecule has 0 saturated heterocycles. The lowest BCUT2D eigenvalue weighted by atomic mass is 10.0. The molecular formula is C16H26O2. The summed E-state index contributed by atoms with van der Waals surface area (Å²) in [6, 6.07) is 0. The van der Waals surface area contributed by atoms with Crippen molar-refractivity contribution in [2.75, 3.05) is 0 Å². The van der Waals surface area contributed by atoms with Gasteiger partial charge in [-0.05, 0) is 31.8 Å². The number of carbonyl (C=O) groups is 2. The van der Waals surface area contributed by atoms with Crippen molar-refractivity contribution in [3.05, 3.63) is 12.2 Å². The number of allylic oxidation sites excluding steroid dienone is 2. The van der Waals surface area contributed by atoms with E-state index in [1.165, 1.54) is 38.5 Å². The van der Waals surface area contributed by atoms with E-state index in [9.17, 15) is 9.59 Å². The first-order valence-corrected chi connectivity index (χ1v) is 7.50. The molecule has 0 aromatic heterocycles. The van der Waals surface area contributed by atoms with Crippen LogP contribution in [0.15, 0.2) is 12.2 Å². The molecule has 0 aromatic carbocycles. The molecule has 1 rings (SSSR count). The molecule has 0 fully saturated rings. The lowest BCUT2D eigenvalue weighted by Crippen LogP contribution is -2.00. The average molecular weight is 250 g/mol. The fourth-order valence-electron chi connectivity index (χ4n) is 2.35. The Morgan fingerprint density at radius 2 is 1.28 bits per heavy atom. The van der Waals surface area contributed by atoms with Crippen molar-refractivity contribution in [2.45, 2.75) is 77.0 Å². The van der Waals surface area contributed by atoms with Crippen LogP contribution >= 0.6 is 0 Å². The van der Waals surface area contributed by atoms with Crippen LogP contribution in [0.2, 0.25) is 0 Å². The van der Waals surface area contributed by atoms with Gasteiger partial charge in [-0.15, -0.1) is 0 Å². The monoisotopic (exact) mass is 250 g/mol. The highest BCUT2D eigenvalue weighted by atomic mass is 16.1. The van der Waals surface area contributed by atoms with Crippen molar-refractivity contribution >= 4 is 11.6 Å². The maximum Gasteiger partial charge on any atom is 0.155 e. The van der Waals surface area contributed by atoms with Gasteiger partial charge in [0.25, 0.3) is 0 Å². The molecule has 0 bridgehead atoms. The molecule has 0 unspecified atom stereocenters. The summed E-state index contributed by atoms with van der Waals surface area (Å²) in [6.45, 7) is 0. The van der Waals surface area contributed by atoms with Crippen LogP contribution in [0, 0.1) is 0 Å². The number of rotatable bonds is 0. The van der Waals surface area contributed by atoms with Crippen molar-refractivity contribution < 1.29 is 9.59 Å². The molecule has 18 heavy (non-hydrogen) atoms. The first-order chi connectivity index (χ1) is 8.79. The summed E-state index contributed by atoms with van der Waals surface area (Å²) >= 11 is 0. The second-order valence-corrected chi connectivity index (χ2v) is 5.27. The first kappa shape index (κ1) is 15.1. The van der Waals surface area contributed by atoms with E-state index >= 15 is 0 Å². The molecule has 2 nitrogen and oxygen atoms in total. The van der Waals surface area contributed by atoms with E-state index in [-0.39, 0.29) is 5.78 Å². The van der Waals surface area contributed by atoms with Gasteiger partial charge in [0.05, 0.1) is 0 Å². The second kappa shape index (κ2) is 10.0. The van der Waals surface area contributed by atoms with Crippen molar-refractivity contribution in [1.29, 1.82) is 0 Å². The van der Waals surface area contributed by atoms with E-state index in [0.29, 0.717) is 25.0 Å². The van der Waals surface area contributed by atoms with Gasteiger partial charge in [-0.2, -0.15) is 0 Å². The van der Waals surface area contributed by atoms with Gasteiger partial charge in [0.15, 0.2) is 5.78 Å². The number of carbonyl (C=O) groups excluding carboxylic acids is 2. The Bertz CT molecular complexity index is 279. The molecule has 0 N–H and O–H groups in total. The molecule has 0 heterocycles. The summed E-state index contributed by atoms with van der Waals surface area (Å²) in [5.74, 6) is 0.508. The Morgan fingerprint density at radius 1 is 0.667 bits per heavy atom. The minimum atomic E-state index is 0.176. The van der Waals surface area contributed by atoms with Gasteiger partial charge in [0, 0.05) is 19.3 Å². The Hall–Kier alpha value is -0.920. The van der Waals surface area contributed by atoms with Crippen LogP contribution in [0.4, 0.5) is 0 Å². The molecule has 0 aromatic rings. The maximum absolute atomic E-state index is 11.6. The molecule has 2 heteroatoms. The number of hydrogen-bond donors (Lipinski definition) is 0. The van der Waals surface area contributed by atoms with Gasteiger partial charge in [0.1, 0.15) is 5.78 Å². The molecule has 0 spiro atoms. The minimum Gasteiger partial charge on any atom is -0.300 e. The zero-order valence-corrected chi connectivity index (χ0v) is 11.5. The third-order valence-corrected chi connectivity index (χ3v) is 3.51. The van der Waals surface area contributed by atoms with Crippen molar-refractivity contribution in [3.63, 3.8) is 0 Å². The van der Waals surface area contributed by atoms with Crippen LogP contribution in [0.3, 0.4) is 0 Å². The van der Waals surface area contributed by atoms with E-state index in [0.717, 1.165) is 19.3 Å². The van der Waals surface area contributed by atoms with Gasteiger partial charge in [0.2, 0.25) is 0 Å². The number of hydrogen-bond acceptors (Lipinski definition) is 2. The Morgan fingerprint density at radius 3 is 2.06 bits per heavy atom. The van der Waals surface area contributed by atoms with Gasteiger partial charge in [-0.3, -0.25) is 9.59 Å². The van der Waals surface area contributed by atoms with Gasteiger partial charge < -0.3 is 0 Å². The second-order valence-electron chi connectivity index (χ2n) is 5.27. The smallest absolute Gasteiger partial charge is 0.155 e. The van der Waals surface area contributed by atoms with Gasteiger partial charge in [-0.1, -0.05) is 38.2 Å². The summed E-state index contributed by atoms with van der Waals surface area (Å²) in [4.78, 5) is 23.0. The fraction of sp³-hybridized carbons (Fsp3) is 0.750. The Kier molecular flexibility index (Phi) is 8.45. The highest BCUT2D eigenvalue weighted by Crippen LogP contribution is 2.12. The summed E-state index contributed by atoms with van der Waals surface area (Å²) in [6.07, 6.45) is 15.8. The lowest BCUT2D eigenvalue weighted by Gasteiger charge is -2.03. The molecule has 0 atom stereocenters. The van der Waals surface area contributed by atoms with Crippen molar-refractivity contribution in [1.82, 2.24) is 0 Å². The van der Waals surface area contributed by atoms with Crippen LogP contribution < -0.4 is 0 Å². The third kappa shape index (κ3) is 8.21. The summed E-state index contributed by atoms with van der Waals surface area (Å²) in [5.41, 5.74) is 0. The van der Waals surface area contributed by atoms with Crippen LogP contribution in [0.5, 0.6) is 0 Å². The third-order valence-electron chi connectivity index (χ3n) is 3.51. The molecule has 0 aliphatic heterocycles.